The van der Waals surface area contributed by atoms with Gasteiger partial charge in [0.2, 0.25) is 0 Å². The number of carbonyl (C=O) groups is 1. The molecule has 0 spiro atoms. The quantitative estimate of drug-likeness (QED) is 0.499. The van der Waals surface area contributed by atoms with Crippen molar-refractivity contribution in [1.82, 2.24) is 15.2 Å². The maximum Gasteiger partial charge on any atom is 0.387 e. The first-order valence-corrected chi connectivity index (χ1v) is 8.42. The van der Waals surface area contributed by atoms with E-state index in [1.165, 1.54) is 36.9 Å². The van der Waals surface area contributed by atoms with E-state index >= 15 is 0 Å². The first-order valence-electron chi connectivity index (χ1n) is 7.66. The van der Waals surface area contributed by atoms with Gasteiger partial charge in [0.05, 0.1) is 39.1 Å². The van der Waals surface area contributed by atoms with E-state index in [1.807, 2.05) is 0 Å². The average Bonchev–Trinajstić information content (AvgIpc) is 3.05. The minimum absolute atomic E-state index is 0.0373. The lowest BCUT2D eigenvalue weighted by Gasteiger charge is -2.11. The number of benzene rings is 1. The van der Waals surface area contributed by atoms with Crippen LogP contribution < -0.4 is 10.1 Å². The van der Waals surface area contributed by atoms with Gasteiger partial charge in [0.15, 0.2) is 16.9 Å². The Morgan fingerprint density at radius 3 is 2.54 bits per heavy atom. The van der Waals surface area contributed by atoms with Crippen LogP contribution in [0.1, 0.15) is 10.4 Å². The van der Waals surface area contributed by atoms with Crippen molar-refractivity contribution in [2.45, 2.75) is 6.61 Å². The summed E-state index contributed by atoms with van der Waals surface area (Å²) in [5, 5.41) is 11.0. The number of aromatic nitrogens is 3. The lowest BCUT2D eigenvalue weighted by molar-refractivity contribution is -0.0493. The lowest BCUT2D eigenvalue weighted by atomic mass is 10.1. The van der Waals surface area contributed by atoms with E-state index in [0.717, 1.165) is 0 Å². The summed E-state index contributed by atoms with van der Waals surface area (Å²) >= 11 is 12.1. The summed E-state index contributed by atoms with van der Waals surface area (Å²) in [5.41, 5.74) is 0.498. The molecule has 0 saturated carbocycles. The van der Waals surface area contributed by atoms with Gasteiger partial charge in [0.25, 0.3) is 5.91 Å². The molecule has 0 aliphatic heterocycles. The second kappa shape index (κ2) is 7.17. The Labute approximate surface area is 165 Å². The number of rotatable bonds is 4. The molecule has 0 aliphatic carbocycles. The van der Waals surface area contributed by atoms with Crippen molar-refractivity contribution in [3.05, 3.63) is 52.5 Å². The molecule has 7 nitrogen and oxygen atoms in total. The largest absolute Gasteiger partial charge is 0.450 e. The third-order valence-corrected chi connectivity index (χ3v) is 4.42. The van der Waals surface area contributed by atoms with Gasteiger partial charge in [-0.05, 0) is 12.1 Å². The zero-order valence-electron chi connectivity index (χ0n) is 13.6. The number of anilines is 1. The van der Waals surface area contributed by atoms with E-state index in [0.29, 0.717) is 5.39 Å². The lowest BCUT2D eigenvalue weighted by Crippen LogP contribution is -2.13. The minimum atomic E-state index is -3.07. The van der Waals surface area contributed by atoms with E-state index in [9.17, 15) is 13.6 Å². The van der Waals surface area contributed by atoms with Crippen LogP contribution in [0.3, 0.4) is 0 Å². The van der Waals surface area contributed by atoms with Crippen molar-refractivity contribution < 1.29 is 22.7 Å². The highest BCUT2D eigenvalue weighted by Gasteiger charge is 2.22. The van der Waals surface area contributed by atoms with Crippen LogP contribution in [-0.4, -0.2) is 27.7 Å². The number of pyridine rings is 1. The molecule has 28 heavy (non-hydrogen) atoms. The Hall–Kier alpha value is -3.04. The van der Waals surface area contributed by atoms with Gasteiger partial charge in [0.1, 0.15) is 0 Å². The molecule has 0 atom stereocenters. The maximum atomic E-state index is 12.9. The van der Waals surface area contributed by atoms with Crippen LogP contribution in [0.2, 0.25) is 10.0 Å². The molecule has 0 bridgehead atoms. The number of nitrogens with zero attached hydrogens (tertiary/aromatic N) is 3. The zero-order valence-corrected chi connectivity index (χ0v) is 15.1. The summed E-state index contributed by atoms with van der Waals surface area (Å²) in [6.45, 7) is -3.07. The molecule has 0 aliphatic rings. The molecule has 4 rings (SSSR count). The van der Waals surface area contributed by atoms with Crippen molar-refractivity contribution in [2.24, 2.45) is 0 Å². The fraction of sp³-hybridized carbons (Fsp3) is 0.0588. The molecule has 11 heteroatoms. The molecule has 3 heterocycles. The summed E-state index contributed by atoms with van der Waals surface area (Å²) in [7, 11) is 0. The Bertz CT molecular complexity index is 1200. The number of alkyl halides is 2. The number of amides is 1. The summed E-state index contributed by atoms with van der Waals surface area (Å²) in [5.74, 6) is -0.819. The van der Waals surface area contributed by atoms with Gasteiger partial charge in [-0.3, -0.25) is 9.78 Å². The van der Waals surface area contributed by atoms with Crippen molar-refractivity contribution in [2.75, 3.05) is 5.32 Å². The number of halogens is 4. The SMILES string of the molecule is O=C(Nc1c(Cl)cncc1Cl)c1ccc(OC(F)F)c2oc3cnncc3c12. The monoisotopic (exact) mass is 424 g/mol. The molecule has 1 amide bonds. The summed E-state index contributed by atoms with van der Waals surface area (Å²) < 4.78 is 35.5. The van der Waals surface area contributed by atoms with E-state index in [4.69, 9.17) is 27.6 Å². The molecule has 1 N–H and O–H groups in total. The summed E-state index contributed by atoms with van der Waals surface area (Å²) in [6, 6.07) is 2.54. The highest BCUT2D eigenvalue weighted by molar-refractivity contribution is 6.40. The smallest absolute Gasteiger partial charge is 0.387 e. The Morgan fingerprint density at radius 1 is 1.11 bits per heavy atom. The summed E-state index contributed by atoms with van der Waals surface area (Å²) in [4.78, 5) is 16.7. The van der Waals surface area contributed by atoms with Gasteiger partial charge in [-0.2, -0.15) is 19.0 Å². The molecule has 0 radical (unpaired) electrons. The van der Waals surface area contributed by atoms with Gasteiger partial charge < -0.3 is 14.5 Å². The average molecular weight is 425 g/mol. The standard InChI is InChI=1S/C17H8Cl2F2N4O3/c18-9-4-22-5-10(19)14(9)25-16(26)7-1-2-11(28-17(20)21)15-13(7)8-3-23-24-6-12(8)27-15/h1-6,17H,(H,22,25,26). The van der Waals surface area contributed by atoms with Crippen LogP contribution >= 0.6 is 23.2 Å². The number of hydrogen-bond donors (Lipinski definition) is 1. The molecule has 0 fully saturated rings. The minimum Gasteiger partial charge on any atom is -0.450 e. The molecule has 4 aromatic rings. The third-order valence-electron chi connectivity index (χ3n) is 3.85. The highest BCUT2D eigenvalue weighted by atomic mass is 35.5. The van der Waals surface area contributed by atoms with Gasteiger partial charge in [-0.15, -0.1) is 0 Å². The van der Waals surface area contributed by atoms with E-state index in [2.05, 4.69) is 25.2 Å². The Balaban J connectivity index is 1.88. The topological polar surface area (TPSA) is 90.1 Å². The van der Waals surface area contributed by atoms with Crippen LogP contribution in [0.25, 0.3) is 21.9 Å². The normalized spacial score (nSPS) is 11.3. The predicted molar refractivity (Wildman–Crippen MR) is 98.2 cm³/mol. The zero-order chi connectivity index (χ0) is 19.8. The first-order chi connectivity index (χ1) is 13.5. The number of fused-ring (bicyclic) bond motifs is 3. The molecule has 1 aromatic carbocycles. The third kappa shape index (κ3) is 3.19. The highest BCUT2D eigenvalue weighted by Crippen LogP contribution is 2.38. The molecular formula is C17H8Cl2F2N4O3. The number of furan rings is 1. The van der Waals surface area contributed by atoms with Gasteiger partial charge >= 0.3 is 6.61 Å². The van der Waals surface area contributed by atoms with Gasteiger partial charge in [-0.1, -0.05) is 23.2 Å². The van der Waals surface area contributed by atoms with Crippen LogP contribution in [0, 0.1) is 0 Å². The fourth-order valence-electron chi connectivity index (χ4n) is 2.71. The van der Waals surface area contributed by atoms with Crippen molar-refractivity contribution >= 4 is 56.7 Å². The van der Waals surface area contributed by atoms with Crippen molar-refractivity contribution in [3.63, 3.8) is 0 Å². The first kappa shape index (κ1) is 18.3. The van der Waals surface area contributed by atoms with Crippen molar-refractivity contribution in [1.29, 1.82) is 0 Å². The number of nitrogens with one attached hydrogen (secondary N) is 1. The van der Waals surface area contributed by atoms with Crippen LogP contribution in [-0.2, 0) is 0 Å². The Morgan fingerprint density at radius 2 is 1.82 bits per heavy atom. The number of carbonyl (C=O) groups excluding carboxylic acids is 1. The molecular weight excluding hydrogens is 417 g/mol. The van der Waals surface area contributed by atoms with Gasteiger partial charge in [-0.25, -0.2) is 0 Å². The predicted octanol–water partition coefficient (Wildman–Crippen LogP) is 4.93. The second-order valence-electron chi connectivity index (χ2n) is 5.50. The van der Waals surface area contributed by atoms with E-state index in [1.54, 1.807) is 0 Å². The number of hydrogen-bond acceptors (Lipinski definition) is 6. The molecule has 0 saturated heterocycles. The fourth-order valence-corrected chi connectivity index (χ4v) is 3.17. The van der Waals surface area contributed by atoms with Crippen molar-refractivity contribution in [3.8, 4) is 5.75 Å². The Kier molecular flexibility index (Phi) is 4.70. The van der Waals surface area contributed by atoms with Crippen LogP contribution in [0.15, 0.2) is 41.3 Å². The van der Waals surface area contributed by atoms with E-state index in [-0.39, 0.29) is 43.6 Å². The second-order valence-corrected chi connectivity index (χ2v) is 6.31. The molecule has 0 unspecified atom stereocenters. The van der Waals surface area contributed by atoms with Gasteiger partial charge in [0, 0.05) is 17.8 Å². The summed E-state index contributed by atoms with van der Waals surface area (Å²) in [6.07, 6.45) is 5.30. The van der Waals surface area contributed by atoms with Crippen LogP contribution in [0.5, 0.6) is 5.75 Å². The van der Waals surface area contributed by atoms with E-state index < -0.39 is 12.5 Å². The maximum absolute atomic E-state index is 12.9. The van der Waals surface area contributed by atoms with Crippen LogP contribution in [0.4, 0.5) is 14.5 Å². The number of ether oxygens (including phenoxy) is 1. The molecule has 142 valence electrons. The molecule has 3 aromatic heterocycles.